The molecule has 0 heterocycles. The molecule has 1 rings (SSSR count). The summed E-state index contributed by atoms with van der Waals surface area (Å²) in [5.74, 6) is 0.477. The van der Waals surface area contributed by atoms with Gasteiger partial charge >= 0.3 is 0 Å². The van der Waals surface area contributed by atoms with Gasteiger partial charge in [0.15, 0.2) is 0 Å². The third-order valence-corrected chi connectivity index (χ3v) is 2.95. The van der Waals surface area contributed by atoms with Crippen LogP contribution < -0.4 is 5.32 Å². The molecule has 0 fully saturated rings. The predicted molar refractivity (Wildman–Crippen MR) is 68.8 cm³/mol. The maximum atomic E-state index is 9.09. The highest BCUT2D eigenvalue weighted by atomic mass is 16.3. The Bertz CT molecular complexity index is 281. The van der Waals surface area contributed by atoms with E-state index in [4.69, 9.17) is 5.11 Å². The molecule has 1 atom stereocenters. The van der Waals surface area contributed by atoms with Gasteiger partial charge in [0.05, 0.1) is 0 Å². The molecule has 16 heavy (non-hydrogen) atoms. The number of rotatable bonds is 7. The van der Waals surface area contributed by atoms with E-state index in [2.05, 4.69) is 43.4 Å². The lowest BCUT2D eigenvalue weighted by Crippen LogP contribution is -2.17. The Morgan fingerprint density at radius 2 is 1.88 bits per heavy atom. The molecule has 90 valence electrons. The number of aliphatic hydroxyl groups is 1. The van der Waals surface area contributed by atoms with Crippen molar-refractivity contribution in [3.63, 3.8) is 0 Å². The monoisotopic (exact) mass is 221 g/mol. The molecule has 2 nitrogen and oxygen atoms in total. The fraction of sp³-hybridized carbons (Fsp3) is 0.571. The zero-order chi connectivity index (χ0) is 11.8. The van der Waals surface area contributed by atoms with Gasteiger partial charge in [0.25, 0.3) is 0 Å². The van der Waals surface area contributed by atoms with Crippen molar-refractivity contribution in [3.05, 3.63) is 35.4 Å². The van der Waals surface area contributed by atoms with Gasteiger partial charge in [-0.2, -0.15) is 0 Å². The molecule has 0 radical (unpaired) electrons. The van der Waals surface area contributed by atoms with Crippen LogP contribution in [0.3, 0.4) is 0 Å². The van der Waals surface area contributed by atoms with Gasteiger partial charge < -0.3 is 10.4 Å². The molecule has 0 spiro atoms. The SMILES string of the molecule is CCNCC[C@H](CCO)c1ccc(C)cc1. The molecule has 0 saturated heterocycles. The molecule has 1 aromatic rings. The second kappa shape index (κ2) is 7.42. The van der Waals surface area contributed by atoms with Crippen LogP contribution in [0.25, 0.3) is 0 Å². The molecule has 1 aromatic carbocycles. The minimum absolute atomic E-state index is 0.269. The van der Waals surface area contributed by atoms with Crippen molar-refractivity contribution in [2.45, 2.75) is 32.6 Å². The van der Waals surface area contributed by atoms with E-state index in [1.165, 1.54) is 11.1 Å². The molecular weight excluding hydrogens is 198 g/mol. The Morgan fingerprint density at radius 1 is 1.19 bits per heavy atom. The second-order valence-corrected chi connectivity index (χ2v) is 4.26. The van der Waals surface area contributed by atoms with Crippen LogP contribution in [0.1, 0.15) is 36.8 Å². The van der Waals surface area contributed by atoms with E-state index < -0.39 is 0 Å². The Labute approximate surface area is 98.7 Å². The Morgan fingerprint density at radius 3 is 2.44 bits per heavy atom. The minimum Gasteiger partial charge on any atom is -0.396 e. The smallest absolute Gasteiger partial charge is 0.0436 e. The van der Waals surface area contributed by atoms with Gasteiger partial charge in [-0.05, 0) is 44.3 Å². The Kier molecular flexibility index (Phi) is 6.12. The fourth-order valence-electron chi connectivity index (χ4n) is 1.93. The topological polar surface area (TPSA) is 32.3 Å². The van der Waals surface area contributed by atoms with Crippen LogP contribution in [0.2, 0.25) is 0 Å². The van der Waals surface area contributed by atoms with Gasteiger partial charge in [0, 0.05) is 6.61 Å². The third kappa shape index (κ3) is 4.33. The zero-order valence-corrected chi connectivity index (χ0v) is 10.4. The van der Waals surface area contributed by atoms with E-state index in [0.717, 1.165) is 25.9 Å². The first-order chi connectivity index (χ1) is 7.77. The number of hydrogen-bond acceptors (Lipinski definition) is 2. The molecule has 0 aliphatic carbocycles. The molecule has 0 bridgehead atoms. The van der Waals surface area contributed by atoms with Gasteiger partial charge in [-0.1, -0.05) is 36.8 Å². The predicted octanol–water partition coefficient (Wildman–Crippen LogP) is 2.46. The Hall–Kier alpha value is -0.860. The zero-order valence-electron chi connectivity index (χ0n) is 10.4. The van der Waals surface area contributed by atoms with E-state index in [9.17, 15) is 0 Å². The lowest BCUT2D eigenvalue weighted by atomic mass is 9.92. The van der Waals surface area contributed by atoms with Crippen molar-refractivity contribution in [2.75, 3.05) is 19.7 Å². The van der Waals surface area contributed by atoms with Crippen molar-refractivity contribution in [2.24, 2.45) is 0 Å². The second-order valence-electron chi connectivity index (χ2n) is 4.26. The summed E-state index contributed by atoms with van der Waals surface area (Å²) in [6.07, 6.45) is 1.95. The van der Waals surface area contributed by atoms with Crippen LogP contribution in [0.4, 0.5) is 0 Å². The number of benzene rings is 1. The summed E-state index contributed by atoms with van der Waals surface area (Å²) in [4.78, 5) is 0. The molecule has 0 aliphatic heterocycles. The van der Waals surface area contributed by atoms with Gasteiger partial charge in [-0.25, -0.2) is 0 Å². The van der Waals surface area contributed by atoms with Crippen LogP contribution in [0.15, 0.2) is 24.3 Å². The summed E-state index contributed by atoms with van der Waals surface area (Å²) in [6.45, 7) is 6.52. The Balaban J connectivity index is 2.57. The molecule has 0 unspecified atom stereocenters. The molecular formula is C14H23NO. The van der Waals surface area contributed by atoms with Gasteiger partial charge in [-0.3, -0.25) is 0 Å². The van der Waals surface area contributed by atoms with E-state index in [0.29, 0.717) is 5.92 Å². The van der Waals surface area contributed by atoms with E-state index >= 15 is 0 Å². The summed E-state index contributed by atoms with van der Waals surface area (Å²) in [6, 6.07) is 8.66. The molecule has 2 heteroatoms. The fourth-order valence-corrected chi connectivity index (χ4v) is 1.93. The van der Waals surface area contributed by atoms with Gasteiger partial charge in [0.2, 0.25) is 0 Å². The van der Waals surface area contributed by atoms with Crippen molar-refractivity contribution in [1.29, 1.82) is 0 Å². The third-order valence-electron chi connectivity index (χ3n) is 2.95. The normalized spacial score (nSPS) is 12.7. The standard InChI is InChI=1S/C14H23NO/c1-3-15-10-8-14(9-11-16)13-6-4-12(2)5-7-13/h4-7,14-16H,3,8-11H2,1-2H3/t14-/m1/s1. The quantitative estimate of drug-likeness (QED) is 0.693. The highest BCUT2D eigenvalue weighted by molar-refractivity contribution is 5.24. The average molecular weight is 221 g/mol. The summed E-state index contributed by atoms with van der Waals surface area (Å²) < 4.78 is 0. The maximum absolute atomic E-state index is 9.09. The number of hydrogen-bond donors (Lipinski definition) is 2. The van der Waals surface area contributed by atoms with Crippen LogP contribution in [0.5, 0.6) is 0 Å². The lowest BCUT2D eigenvalue weighted by Gasteiger charge is -2.16. The number of aliphatic hydroxyl groups excluding tert-OH is 1. The van der Waals surface area contributed by atoms with Crippen LogP contribution in [0, 0.1) is 6.92 Å². The van der Waals surface area contributed by atoms with Crippen molar-refractivity contribution in [3.8, 4) is 0 Å². The van der Waals surface area contributed by atoms with Crippen molar-refractivity contribution in [1.82, 2.24) is 5.32 Å². The van der Waals surface area contributed by atoms with Gasteiger partial charge in [-0.15, -0.1) is 0 Å². The highest BCUT2D eigenvalue weighted by Crippen LogP contribution is 2.23. The summed E-state index contributed by atoms with van der Waals surface area (Å²) in [5.41, 5.74) is 2.63. The molecule has 0 aliphatic rings. The largest absolute Gasteiger partial charge is 0.396 e. The molecule has 0 aromatic heterocycles. The molecule has 2 N–H and O–H groups in total. The van der Waals surface area contributed by atoms with Crippen molar-refractivity contribution >= 4 is 0 Å². The summed E-state index contributed by atoms with van der Waals surface area (Å²) in [7, 11) is 0. The first-order valence-corrected chi connectivity index (χ1v) is 6.16. The minimum atomic E-state index is 0.269. The average Bonchev–Trinajstić information content (AvgIpc) is 2.29. The van der Waals surface area contributed by atoms with E-state index in [1.54, 1.807) is 0 Å². The number of aryl methyl sites for hydroxylation is 1. The van der Waals surface area contributed by atoms with Crippen LogP contribution in [-0.4, -0.2) is 24.8 Å². The maximum Gasteiger partial charge on any atom is 0.0436 e. The summed E-state index contributed by atoms with van der Waals surface area (Å²) in [5, 5.41) is 12.4. The first kappa shape index (κ1) is 13.2. The molecule has 0 amide bonds. The van der Waals surface area contributed by atoms with E-state index in [-0.39, 0.29) is 6.61 Å². The number of nitrogens with one attached hydrogen (secondary N) is 1. The van der Waals surface area contributed by atoms with Crippen LogP contribution >= 0.6 is 0 Å². The summed E-state index contributed by atoms with van der Waals surface area (Å²) >= 11 is 0. The van der Waals surface area contributed by atoms with Crippen molar-refractivity contribution < 1.29 is 5.11 Å². The molecule has 0 saturated carbocycles. The van der Waals surface area contributed by atoms with E-state index in [1.807, 2.05) is 0 Å². The lowest BCUT2D eigenvalue weighted by molar-refractivity contribution is 0.272. The first-order valence-electron chi connectivity index (χ1n) is 6.16. The van der Waals surface area contributed by atoms with Crippen LogP contribution in [-0.2, 0) is 0 Å². The van der Waals surface area contributed by atoms with Gasteiger partial charge in [0.1, 0.15) is 0 Å². The highest BCUT2D eigenvalue weighted by Gasteiger charge is 2.10.